The number of carbonyl (C=O) groups is 1. The Morgan fingerprint density at radius 1 is 1.22 bits per heavy atom. The van der Waals surface area contributed by atoms with Crippen LogP contribution in [0.15, 0.2) is 36.4 Å². The van der Waals surface area contributed by atoms with Crippen molar-refractivity contribution < 1.29 is 14.1 Å². The number of halogens is 2. The van der Waals surface area contributed by atoms with Gasteiger partial charge in [-0.3, -0.25) is 14.9 Å². The second kappa shape index (κ2) is 5.96. The third-order valence-corrected chi connectivity index (χ3v) is 4.05. The molecule has 0 saturated heterocycles. The molecule has 7 heteroatoms. The van der Waals surface area contributed by atoms with Crippen molar-refractivity contribution in [3.63, 3.8) is 0 Å². The van der Waals surface area contributed by atoms with Gasteiger partial charge in [0.15, 0.2) is 0 Å². The number of hydrogen-bond donors (Lipinski definition) is 0. The van der Waals surface area contributed by atoms with Crippen molar-refractivity contribution in [2.75, 3.05) is 4.90 Å². The summed E-state index contributed by atoms with van der Waals surface area (Å²) >= 11 is 5.73. The number of amides is 1. The number of non-ortho nitro benzene ring substituents is 1. The molecule has 0 atom stereocenters. The first-order valence-electron chi connectivity index (χ1n) is 6.97. The summed E-state index contributed by atoms with van der Waals surface area (Å²) in [5.74, 6) is -0.625. The van der Waals surface area contributed by atoms with Crippen LogP contribution in [-0.4, -0.2) is 10.8 Å². The summed E-state index contributed by atoms with van der Waals surface area (Å²) in [5.41, 5.74) is 1.62. The highest BCUT2D eigenvalue weighted by molar-refractivity contribution is 6.30. The first-order chi connectivity index (χ1) is 11.0. The van der Waals surface area contributed by atoms with Crippen LogP contribution < -0.4 is 4.90 Å². The average molecular weight is 335 g/mol. The van der Waals surface area contributed by atoms with Gasteiger partial charge in [-0.1, -0.05) is 17.7 Å². The summed E-state index contributed by atoms with van der Waals surface area (Å²) in [5, 5.41) is 11.1. The largest absolute Gasteiger partial charge is 0.308 e. The van der Waals surface area contributed by atoms with Gasteiger partial charge in [-0.05, 0) is 30.2 Å². The molecule has 1 aliphatic heterocycles. The zero-order chi connectivity index (χ0) is 16.6. The fraction of sp³-hybridized carbons (Fsp3) is 0.188. The first kappa shape index (κ1) is 15.4. The van der Waals surface area contributed by atoms with Crippen molar-refractivity contribution in [1.29, 1.82) is 0 Å². The molecule has 0 aliphatic carbocycles. The van der Waals surface area contributed by atoms with Gasteiger partial charge in [-0.25, -0.2) is 4.39 Å². The summed E-state index contributed by atoms with van der Waals surface area (Å²) in [6.45, 7) is 0.0621. The van der Waals surface area contributed by atoms with Crippen molar-refractivity contribution in [3.05, 3.63) is 68.5 Å². The molecular weight excluding hydrogens is 323 g/mol. The third kappa shape index (κ3) is 3.03. The fourth-order valence-electron chi connectivity index (χ4n) is 2.65. The van der Waals surface area contributed by atoms with E-state index in [2.05, 4.69) is 0 Å². The second-order valence-corrected chi connectivity index (χ2v) is 5.72. The lowest BCUT2D eigenvalue weighted by Gasteiger charge is -2.29. The minimum absolute atomic E-state index is 0.0178. The standard InChI is InChI=1S/C16H12ClFN2O3/c17-12-3-1-11(14(18)8-12)9-19-15-5-4-13(20(22)23)7-10(15)2-6-16(19)21/h1,3-5,7-8H,2,6,9H2. The molecule has 0 radical (unpaired) electrons. The third-order valence-electron chi connectivity index (χ3n) is 3.82. The summed E-state index contributed by atoms with van der Waals surface area (Å²) < 4.78 is 14.0. The zero-order valence-corrected chi connectivity index (χ0v) is 12.7. The van der Waals surface area contributed by atoms with E-state index in [1.54, 1.807) is 12.1 Å². The van der Waals surface area contributed by atoms with Crippen molar-refractivity contribution in [3.8, 4) is 0 Å². The van der Waals surface area contributed by atoms with Gasteiger partial charge >= 0.3 is 0 Å². The smallest absolute Gasteiger partial charge is 0.269 e. The molecule has 0 unspecified atom stereocenters. The van der Waals surface area contributed by atoms with Gasteiger partial charge in [0.05, 0.1) is 11.5 Å². The summed E-state index contributed by atoms with van der Waals surface area (Å²) in [7, 11) is 0. The highest BCUT2D eigenvalue weighted by Crippen LogP contribution is 2.32. The molecule has 3 rings (SSSR count). The number of nitro benzene ring substituents is 1. The van der Waals surface area contributed by atoms with Gasteiger partial charge in [-0.15, -0.1) is 0 Å². The quantitative estimate of drug-likeness (QED) is 0.632. The maximum atomic E-state index is 14.0. The Labute approximate surface area is 136 Å². The lowest BCUT2D eigenvalue weighted by Crippen LogP contribution is -2.34. The molecule has 23 heavy (non-hydrogen) atoms. The summed E-state index contributed by atoms with van der Waals surface area (Å²) in [6.07, 6.45) is 0.679. The van der Waals surface area contributed by atoms with E-state index in [4.69, 9.17) is 11.6 Å². The van der Waals surface area contributed by atoms with Crippen LogP contribution in [-0.2, 0) is 17.8 Å². The Morgan fingerprint density at radius 2 is 2.00 bits per heavy atom. The molecule has 1 aliphatic rings. The maximum Gasteiger partial charge on any atom is 0.269 e. The Morgan fingerprint density at radius 3 is 2.70 bits per heavy atom. The van der Waals surface area contributed by atoms with E-state index >= 15 is 0 Å². The molecule has 1 amide bonds. The average Bonchev–Trinajstić information content (AvgIpc) is 2.51. The van der Waals surface area contributed by atoms with E-state index in [1.807, 2.05) is 0 Å². The minimum atomic E-state index is -0.487. The lowest BCUT2D eigenvalue weighted by atomic mass is 9.99. The number of nitrogens with zero attached hydrogens (tertiary/aromatic N) is 2. The van der Waals surface area contributed by atoms with Crippen molar-refractivity contribution in [2.45, 2.75) is 19.4 Å². The zero-order valence-electron chi connectivity index (χ0n) is 12.0. The topological polar surface area (TPSA) is 63.4 Å². The van der Waals surface area contributed by atoms with Crippen molar-refractivity contribution >= 4 is 28.9 Å². The Hall–Kier alpha value is -2.47. The van der Waals surface area contributed by atoms with Crippen LogP contribution in [0.4, 0.5) is 15.8 Å². The number of anilines is 1. The van der Waals surface area contributed by atoms with Crippen LogP contribution in [0, 0.1) is 15.9 Å². The molecular formula is C16H12ClFN2O3. The number of benzene rings is 2. The van der Waals surface area contributed by atoms with Gasteiger partial charge < -0.3 is 4.90 Å². The normalized spacial score (nSPS) is 13.8. The van der Waals surface area contributed by atoms with Crippen LogP contribution in [0.5, 0.6) is 0 Å². The number of carbonyl (C=O) groups excluding carboxylic acids is 1. The molecule has 0 saturated carbocycles. The molecule has 0 fully saturated rings. The van der Waals surface area contributed by atoms with Crippen LogP contribution in [0.3, 0.4) is 0 Å². The van der Waals surface area contributed by atoms with E-state index < -0.39 is 10.7 Å². The van der Waals surface area contributed by atoms with Crippen LogP contribution in [0.1, 0.15) is 17.5 Å². The number of aryl methyl sites for hydroxylation is 1. The molecule has 1 heterocycles. The van der Waals surface area contributed by atoms with E-state index in [-0.39, 0.29) is 29.6 Å². The molecule has 118 valence electrons. The van der Waals surface area contributed by atoms with Gasteiger partial charge in [0.2, 0.25) is 5.91 Å². The minimum Gasteiger partial charge on any atom is -0.308 e. The van der Waals surface area contributed by atoms with Gasteiger partial charge in [0.1, 0.15) is 5.82 Å². The monoisotopic (exact) mass is 334 g/mol. The van der Waals surface area contributed by atoms with Gasteiger partial charge in [0.25, 0.3) is 5.69 Å². The predicted octanol–water partition coefficient (Wildman–Crippen LogP) is 3.87. The van der Waals surface area contributed by atoms with E-state index in [9.17, 15) is 19.3 Å². The molecule has 2 aromatic rings. The molecule has 0 N–H and O–H groups in total. The number of nitro groups is 1. The SMILES string of the molecule is O=C1CCc2cc([N+](=O)[O-])ccc2N1Cc1ccc(Cl)cc1F. The Balaban J connectivity index is 1.97. The molecule has 0 aromatic heterocycles. The first-order valence-corrected chi connectivity index (χ1v) is 7.35. The van der Waals surface area contributed by atoms with Crippen LogP contribution in [0.2, 0.25) is 5.02 Å². The number of hydrogen-bond acceptors (Lipinski definition) is 3. The van der Waals surface area contributed by atoms with Crippen LogP contribution in [0.25, 0.3) is 0 Å². The van der Waals surface area contributed by atoms with Crippen molar-refractivity contribution in [1.82, 2.24) is 0 Å². The molecule has 0 bridgehead atoms. The molecule has 5 nitrogen and oxygen atoms in total. The van der Waals surface area contributed by atoms with E-state index in [1.165, 1.54) is 29.2 Å². The maximum absolute atomic E-state index is 14.0. The molecule has 2 aromatic carbocycles. The van der Waals surface area contributed by atoms with E-state index in [0.29, 0.717) is 23.2 Å². The number of rotatable bonds is 3. The summed E-state index contributed by atoms with van der Waals surface area (Å²) in [4.78, 5) is 24.0. The predicted molar refractivity (Wildman–Crippen MR) is 84.0 cm³/mol. The van der Waals surface area contributed by atoms with Crippen LogP contribution >= 0.6 is 11.6 Å². The molecule has 0 spiro atoms. The number of fused-ring (bicyclic) bond motifs is 1. The highest BCUT2D eigenvalue weighted by atomic mass is 35.5. The highest BCUT2D eigenvalue weighted by Gasteiger charge is 2.26. The Bertz CT molecular complexity index is 810. The lowest BCUT2D eigenvalue weighted by molar-refractivity contribution is -0.384. The van der Waals surface area contributed by atoms with Gasteiger partial charge in [0, 0.05) is 34.8 Å². The summed E-state index contributed by atoms with van der Waals surface area (Å²) in [6, 6.07) is 8.64. The van der Waals surface area contributed by atoms with Gasteiger partial charge in [-0.2, -0.15) is 0 Å². The Kier molecular flexibility index (Phi) is 4.00. The van der Waals surface area contributed by atoms with Crippen molar-refractivity contribution in [2.24, 2.45) is 0 Å². The second-order valence-electron chi connectivity index (χ2n) is 5.29. The van der Waals surface area contributed by atoms with E-state index in [0.717, 1.165) is 0 Å². The fourth-order valence-corrected chi connectivity index (χ4v) is 2.81.